The SMILES string of the molecule is CO[C@H]1/C=C/C[C@H](C)CS(=O)(NC(=O)c2cc3n(c2)CCc2c-3cnn2C)=NC(=O)c2ccc3c(c2)N(C[C@@H]2CC[C@H]21)C[C@@]1(CCCc2cc(C)ccc21)CO3. The number of amides is 2. The maximum absolute atomic E-state index is 14.9. The first kappa shape index (κ1) is 36.9. The number of carbonyl (C=O) groups excluding carboxylic acids is 2. The predicted molar refractivity (Wildman–Crippen MR) is 217 cm³/mol. The molecule has 11 nitrogen and oxygen atoms in total. The van der Waals surface area contributed by atoms with Gasteiger partial charge in [-0.2, -0.15) is 5.10 Å². The quantitative estimate of drug-likeness (QED) is 0.227. The molecular weight excluding hydrogens is 725 g/mol. The minimum atomic E-state index is -3.56. The van der Waals surface area contributed by atoms with Crippen LogP contribution in [0.1, 0.15) is 82.1 Å². The Kier molecular flexibility index (Phi) is 9.47. The van der Waals surface area contributed by atoms with E-state index in [-0.39, 0.29) is 23.2 Å². The van der Waals surface area contributed by atoms with E-state index in [9.17, 15) is 13.8 Å². The van der Waals surface area contributed by atoms with Crippen molar-refractivity contribution in [1.29, 1.82) is 0 Å². The molecule has 0 radical (unpaired) electrons. The number of rotatable bonds is 3. The number of ether oxygens (including phenoxy) is 2. The number of methoxy groups -OCH3 is 1. The van der Waals surface area contributed by atoms with E-state index in [1.807, 2.05) is 41.5 Å². The highest BCUT2D eigenvalue weighted by Crippen LogP contribution is 2.47. The smallest absolute Gasteiger partial charge is 0.286 e. The second-order valence-corrected chi connectivity index (χ2v) is 18.9. The second-order valence-electron chi connectivity index (χ2n) is 16.9. The fourth-order valence-corrected chi connectivity index (χ4v) is 11.9. The lowest BCUT2D eigenvalue weighted by molar-refractivity contribution is 0.0131. The van der Waals surface area contributed by atoms with Crippen LogP contribution in [0.4, 0.5) is 5.69 Å². The highest BCUT2D eigenvalue weighted by atomic mass is 32.2. The molecule has 6 atom stereocenters. The van der Waals surface area contributed by atoms with Gasteiger partial charge in [0.25, 0.3) is 11.8 Å². The first-order chi connectivity index (χ1) is 27.0. The lowest BCUT2D eigenvalue weighted by atomic mass is 9.68. The standard InChI is InChI=1S/C44H52N6O5S/c1-28-10-14-36-30(19-28)8-6-17-44(36)26-50-23-32-11-13-34(32)40(54-4)9-5-7-29(2)25-56(53,46-42(51)31-12-15-41(55-27-44)39(50)20-31)47-43(52)33-21-38-35-22-45-48(3)37(35)16-18-49(38)24-33/h5,9-10,12,14-15,19-22,24,29,32,34,40H,6-8,11,13,16-18,23,25-27H2,1-4H3,(H,46,47,51,52,53)/b9-5+/t29-,32-,34+,40-,44-,56?/m0/s1. The van der Waals surface area contributed by atoms with Crippen LogP contribution in [0, 0.1) is 24.7 Å². The molecule has 2 aliphatic carbocycles. The zero-order valence-corrected chi connectivity index (χ0v) is 33.6. The van der Waals surface area contributed by atoms with Gasteiger partial charge in [-0.25, -0.2) is 4.21 Å². The summed E-state index contributed by atoms with van der Waals surface area (Å²) in [4.78, 5) is 30.6. The fraction of sp³-hybridized carbons (Fsp3) is 0.477. The molecule has 5 heterocycles. The Hall–Kier alpha value is -4.68. The average molecular weight is 777 g/mol. The van der Waals surface area contributed by atoms with Gasteiger partial charge in [-0.15, -0.1) is 4.36 Å². The van der Waals surface area contributed by atoms with Gasteiger partial charge in [-0.05, 0) is 98.6 Å². The van der Waals surface area contributed by atoms with Crippen LogP contribution in [0.15, 0.2) is 71.4 Å². The van der Waals surface area contributed by atoms with Gasteiger partial charge >= 0.3 is 0 Å². The van der Waals surface area contributed by atoms with Crippen molar-refractivity contribution in [3.05, 3.63) is 101 Å². The highest BCUT2D eigenvalue weighted by Gasteiger charge is 2.44. The Balaban J connectivity index is 1.09. The molecule has 2 aromatic carbocycles. The minimum absolute atomic E-state index is 0.0143. The Bertz CT molecular complexity index is 2370. The Morgan fingerprint density at radius 1 is 1.12 bits per heavy atom. The summed E-state index contributed by atoms with van der Waals surface area (Å²) in [5.74, 6) is 0.206. The fourth-order valence-electron chi connectivity index (χ4n) is 9.98. The van der Waals surface area contributed by atoms with E-state index in [4.69, 9.17) is 9.47 Å². The minimum Gasteiger partial charge on any atom is -0.490 e. The molecule has 2 amide bonds. The number of aromatic nitrogens is 3. The van der Waals surface area contributed by atoms with Crippen LogP contribution in [0.25, 0.3) is 11.3 Å². The van der Waals surface area contributed by atoms with Gasteiger partial charge in [0.2, 0.25) is 0 Å². The number of hydrogen-bond donors (Lipinski definition) is 1. The zero-order valence-electron chi connectivity index (χ0n) is 32.8. The van der Waals surface area contributed by atoms with Crippen LogP contribution in [0.3, 0.4) is 0 Å². The number of nitrogens with one attached hydrogen (secondary N) is 1. The van der Waals surface area contributed by atoms with Gasteiger partial charge in [0.1, 0.15) is 15.7 Å². The molecule has 1 spiro atoms. The maximum Gasteiger partial charge on any atom is 0.286 e. The molecule has 1 fully saturated rings. The molecule has 56 heavy (non-hydrogen) atoms. The van der Waals surface area contributed by atoms with Gasteiger partial charge in [0, 0.05) is 68.6 Å². The molecule has 2 bridgehead atoms. The Morgan fingerprint density at radius 3 is 2.82 bits per heavy atom. The van der Waals surface area contributed by atoms with Crippen LogP contribution in [-0.4, -0.2) is 69.0 Å². The molecular formula is C44H52N6O5S. The van der Waals surface area contributed by atoms with Crippen molar-refractivity contribution < 1.29 is 23.3 Å². The van der Waals surface area contributed by atoms with Crippen LogP contribution in [-0.2, 0) is 46.5 Å². The van der Waals surface area contributed by atoms with E-state index in [1.54, 1.807) is 25.4 Å². The monoisotopic (exact) mass is 776 g/mol. The number of fused-ring (bicyclic) bond motifs is 7. The van der Waals surface area contributed by atoms with E-state index in [1.165, 1.54) is 16.7 Å². The van der Waals surface area contributed by atoms with Crippen molar-refractivity contribution in [3.8, 4) is 17.0 Å². The number of carbonyl (C=O) groups is 2. The lowest BCUT2D eigenvalue weighted by Crippen LogP contribution is -2.49. The number of allylic oxidation sites excluding steroid dienone is 1. The number of nitrogens with zero attached hydrogens (tertiary/aromatic N) is 5. The molecule has 3 aliphatic heterocycles. The summed E-state index contributed by atoms with van der Waals surface area (Å²) in [6, 6.07) is 14.1. The van der Waals surface area contributed by atoms with E-state index >= 15 is 0 Å². The molecule has 4 aromatic rings. The molecule has 9 rings (SSSR count). The van der Waals surface area contributed by atoms with Crippen LogP contribution in [0.5, 0.6) is 5.75 Å². The van der Waals surface area contributed by atoms with Crippen LogP contribution >= 0.6 is 0 Å². The van der Waals surface area contributed by atoms with Crippen molar-refractivity contribution in [1.82, 2.24) is 19.1 Å². The molecule has 12 heteroatoms. The van der Waals surface area contributed by atoms with Gasteiger partial charge in [-0.3, -0.25) is 19.0 Å². The van der Waals surface area contributed by atoms with E-state index in [0.29, 0.717) is 42.5 Å². The third kappa shape index (κ3) is 6.68. The first-order valence-electron chi connectivity index (χ1n) is 20.2. The third-order valence-corrected chi connectivity index (χ3v) is 15.0. The van der Waals surface area contributed by atoms with Crippen molar-refractivity contribution in [2.45, 2.75) is 76.9 Å². The highest BCUT2D eigenvalue weighted by molar-refractivity contribution is 7.92. The van der Waals surface area contributed by atoms with Crippen molar-refractivity contribution in [3.63, 3.8) is 0 Å². The van der Waals surface area contributed by atoms with Crippen LogP contribution in [0.2, 0.25) is 0 Å². The summed E-state index contributed by atoms with van der Waals surface area (Å²) in [5.41, 5.74) is 8.32. The normalized spacial score (nSPS) is 29.0. The first-order valence-corrected chi connectivity index (χ1v) is 21.8. The maximum atomic E-state index is 14.9. The molecule has 5 aliphatic rings. The number of hydrogen-bond acceptors (Lipinski definition) is 7. The molecule has 1 saturated carbocycles. The second kappa shape index (κ2) is 14.4. The van der Waals surface area contributed by atoms with Crippen molar-refractivity contribution in [2.75, 3.05) is 37.5 Å². The molecule has 1 N–H and O–H groups in total. The summed E-state index contributed by atoms with van der Waals surface area (Å²) in [6.07, 6.45) is 14.5. The number of anilines is 1. The molecule has 0 saturated heterocycles. The van der Waals surface area contributed by atoms with Gasteiger partial charge in [0.15, 0.2) is 0 Å². The number of benzene rings is 2. The summed E-state index contributed by atoms with van der Waals surface area (Å²) < 4.78 is 38.7. The summed E-state index contributed by atoms with van der Waals surface area (Å²) >= 11 is 0. The number of aryl methyl sites for hydroxylation is 4. The summed E-state index contributed by atoms with van der Waals surface area (Å²) in [7, 11) is 0.144. The van der Waals surface area contributed by atoms with Crippen molar-refractivity contribution in [2.24, 2.45) is 29.2 Å². The summed E-state index contributed by atoms with van der Waals surface area (Å²) in [5, 5.41) is 4.42. The van der Waals surface area contributed by atoms with Crippen molar-refractivity contribution >= 4 is 27.4 Å². The van der Waals surface area contributed by atoms with Gasteiger partial charge in [0.05, 0.1) is 41.6 Å². The summed E-state index contributed by atoms with van der Waals surface area (Å²) in [6.45, 7) is 6.94. The Labute approximate surface area is 329 Å². The lowest BCUT2D eigenvalue weighted by Gasteiger charge is -2.46. The van der Waals surface area contributed by atoms with Gasteiger partial charge < -0.3 is 18.9 Å². The van der Waals surface area contributed by atoms with Gasteiger partial charge in [-0.1, -0.05) is 42.8 Å². The van der Waals surface area contributed by atoms with E-state index in [2.05, 4.69) is 56.4 Å². The van der Waals surface area contributed by atoms with E-state index in [0.717, 1.165) is 80.0 Å². The Morgan fingerprint density at radius 2 is 2.00 bits per heavy atom. The van der Waals surface area contributed by atoms with E-state index < -0.39 is 21.7 Å². The largest absolute Gasteiger partial charge is 0.490 e. The topological polar surface area (TPSA) is 120 Å². The average Bonchev–Trinajstić information content (AvgIpc) is 3.73. The zero-order chi connectivity index (χ0) is 38.8. The van der Waals surface area contributed by atoms with Crippen LogP contribution < -0.4 is 14.4 Å². The third-order valence-electron chi connectivity index (χ3n) is 13.0. The molecule has 1 unspecified atom stereocenters. The molecule has 294 valence electrons. The molecule has 2 aromatic heterocycles. The predicted octanol–water partition coefficient (Wildman–Crippen LogP) is 6.82.